The average Bonchev–Trinajstić information content (AvgIpc) is 2.46. The van der Waals surface area contributed by atoms with Crippen molar-refractivity contribution in [2.75, 3.05) is 0 Å². The molecule has 20 heavy (non-hydrogen) atoms. The van der Waals surface area contributed by atoms with Crippen LogP contribution in [0.3, 0.4) is 0 Å². The second-order valence-corrected chi connectivity index (χ2v) is 4.94. The van der Waals surface area contributed by atoms with E-state index in [0.29, 0.717) is 5.56 Å². The highest BCUT2D eigenvalue weighted by atomic mass is 35.5. The molecule has 3 aromatic rings. The number of carboxylic acids is 1. The Hall–Kier alpha value is -2.32. The SMILES string of the molecule is O=C(O)c1c(Cl)cccc1-c1ccc2ccccc2c1. The van der Waals surface area contributed by atoms with Crippen LogP contribution in [0.5, 0.6) is 0 Å². The Bertz CT molecular complexity index is 809. The van der Waals surface area contributed by atoms with Crippen molar-refractivity contribution >= 4 is 28.3 Å². The summed E-state index contributed by atoms with van der Waals surface area (Å²) >= 11 is 6.01. The minimum absolute atomic E-state index is 0.143. The van der Waals surface area contributed by atoms with Crippen LogP contribution in [0.25, 0.3) is 21.9 Å². The summed E-state index contributed by atoms with van der Waals surface area (Å²) in [5.74, 6) is -1.02. The number of carboxylic acid groups (broad SMARTS) is 1. The lowest BCUT2D eigenvalue weighted by molar-refractivity contribution is 0.0698. The topological polar surface area (TPSA) is 37.3 Å². The lowest BCUT2D eigenvalue weighted by atomic mass is 9.97. The summed E-state index contributed by atoms with van der Waals surface area (Å²) in [5, 5.41) is 11.8. The Morgan fingerprint density at radius 3 is 2.40 bits per heavy atom. The quantitative estimate of drug-likeness (QED) is 0.729. The zero-order chi connectivity index (χ0) is 14.1. The molecule has 0 aromatic heterocycles. The second kappa shape index (κ2) is 4.99. The van der Waals surface area contributed by atoms with Crippen LogP contribution in [-0.4, -0.2) is 11.1 Å². The Morgan fingerprint density at radius 1 is 0.900 bits per heavy atom. The van der Waals surface area contributed by atoms with Gasteiger partial charge in [-0.2, -0.15) is 0 Å². The van der Waals surface area contributed by atoms with Gasteiger partial charge in [0.25, 0.3) is 0 Å². The molecule has 0 saturated carbocycles. The van der Waals surface area contributed by atoms with Gasteiger partial charge in [0.2, 0.25) is 0 Å². The maximum absolute atomic E-state index is 11.4. The molecule has 1 N–H and O–H groups in total. The summed E-state index contributed by atoms with van der Waals surface area (Å²) in [5.41, 5.74) is 1.63. The minimum atomic E-state index is -1.02. The van der Waals surface area contributed by atoms with Gasteiger partial charge < -0.3 is 5.11 Å². The number of benzene rings is 3. The van der Waals surface area contributed by atoms with Gasteiger partial charge in [-0.05, 0) is 34.0 Å². The fourth-order valence-electron chi connectivity index (χ4n) is 2.34. The van der Waals surface area contributed by atoms with Gasteiger partial charge in [-0.15, -0.1) is 0 Å². The van der Waals surface area contributed by atoms with Gasteiger partial charge in [-0.25, -0.2) is 4.79 Å². The van der Waals surface area contributed by atoms with Crippen LogP contribution in [0, 0.1) is 0 Å². The molecule has 0 spiro atoms. The van der Waals surface area contributed by atoms with Gasteiger partial charge in [0.05, 0.1) is 10.6 Å². The zero-order valence-electron chi connectivity index (χ0n) is 10.5. The largest absolute Gasteiger partial charge is 0.478 e. The van der Waals surface area contributed by atoms with Crippen LogP contribution in [0.1, 0.15) is 10.4 Å². The van der Waals surface area contributed by atoms with E-state index in [9.17, 15) is 9.90 Å². The number of fused-ring (bicyclic) bond motifs is 1. The standard InChI is InChI=1S/C17H11ClO2/c18-15-7-3-6-14(16(15)17(19)20)13-9-8-11-4-1-2-5-12(11)10-13/h1-10H,(H,19,20). The molecule has 0 aliphatic carbocycles. The Kier molecular flexibility index (Phi) is 3.17. The molecular formula is C17H11ClO2. The molecule has 0 radical (unpaired) electrons. The minimum Gasteiger partial charge on any atom is -0.478 e. The van der Waals surface area contributed by atoms with E-state index in [1.807, 2.05) is 42.5 Å². The summed E-state index contributed by atoms with van der Waals surface area (Å²) < 4.78 is 0. The van der Waals surface area contributed by atoms with E-state index in [1.54, 1.807) is 18.2 Å². The van der Waals surface area contributed by atoms with Crippen molar-refractivity contribution < 1.29 is 9.90 Å². The first-order valence-corrected chi connectivity index (χ1v) is 6.55. The van der Waals surface area contributed by atoms with Crippen LogP contribution in [0.4, 0.5) is 0 Å². The fourth-order valence-corrected chi connectivity index (χ4v) is 2.59. The van der Waals surface area contributed by atoms with E-state index in [-0.39, 0.29) is 10.6 Å². The lowest BCUT2D eigenvalue weighted by Gasteiger charge is -2.09. The van der Waals surface area contributed by atoms with E-state index in [0.717, 1.165) is 16.3 Å². The summed E-state index contributed by atoms with van der Waals surface area (Å²) in [7, 11) is 0. The number of aromatic carboxylic acids is 1. The Labute approximate surface area is 121 Å². The smallest absolute Gasteiger partial charge is 0.337 e. The summed E-state index contributed by atoms with van der Waals surface area (Å²) in [6, 6.07) is 19.0. The number of rotatable bonds is 2. The van der Waals surface area contributed by atoms with Crippen LogP contribution in [0.15, 0.2) is 60.7 Å². The predicted octanol–water partition coefficient (Wildman–Crippen LogP) is 4.86. The van der Waals surface area contributed by atoms with Crippen molar-refractivity contribution in [1.82, 2.24) is 0 Å². The highest BCUT2D eigenvalue weighted by Gasteiger charge is 2.15. The third-order valence-corrected chi connectivity index (χ3v) is 3.60. The van der Waals surface area contributed by atoms with Crippen LogP contribution in [-0.2, 0) is 0 Å². The molecule has 0 fully saturated rings. The van der Waals surface area contributed by atoms with Gasteiger partial charge >= 0.3 is 5.97 Å². The molecular weight excluding hydrogens is 272 g/mol. The van der Waals surface area contributed by atoms with Crippen molar-refractivity contribution in [2.24, 2.45) is 0 Å². The maximum atomic E-state index is 11.4. The van der Waals surface area contributed by atoms with E-state index >= 15 is 0 Å². The van der Waals surface area contributed by atoms with Gasteiger partial charge in [0.1, 0.15) is 0 Å². The van der Waals surface area contributed by atoms with Gasteiger partial charge in [0.15, 0.2) is 0 Å². The van der Waals surface area contributed by atoms with Crippen molar-refractivity contribution in [3.63, 3.8) is 0 Å². The van der Waals surface area contributed by atoms with E-state index in [1.165, 1.54) is 0 Å². The van der Waals surface area contributed by atoms with Crippen molar-refractivity contribution in [3.05, 3.63) is 71.2 Å². The van der Waals surface area contributed by atoms with Crippen LogP contribution < -0.4 is 0 Å². The normalized spacial score (nSPS) is 10.7. The summed E-state index contributed by atoms with van der Waals surface area (Å²) in [4.78, 5) is 11.4. The van der Waals surface area contributed by atoms with Crippen molar-refractivity contribution in [1.29, 1.82) is 0 Å². The zero-order valence-corrected chi connectivity index (χ0v) is 11.3. The number of halogens is 1. The van der Waals surface area contributed by atoms with E-state index in [2.05, 4.69) is 0 Å². The summed E-state index contributed by atoms with van der Waals surface area (Å²) in [6.07, 6.45) is 0. The monoisotopic (exact) mass is 282 g/mol. The molecule has 0 heterocycles. The van der Waals surface area contributed by atoms with E-state index < -0.39 is 5.97 Å². The number of hydrogen-bond acceptors (Lipinski definition) is 1. The third kappa shape index (κ3) is 2.15. The molecule has 0 saturated heterocycles. The molecule has 0 aliphatic heterocycles. The molecule has 98 valence electrons. The number of carbonyl (C=O) groups is 1. The molecule has 2 nitrogen and oxygen atoms in total. The Morgan fingerprint density at radius 2 is 1.65 bits per heavy atom. The van der Waals surface area contributed by atoms with Crippen LogP contribution >= 0.6 is 11.6 Å². The molecule has 3 rings (SSSR count). The average molecular weight is 283 g/mol. The molecule has 0 unspecified atom stereocenters. The second-order valence-electron chi connectivity index (χ2n) is 4.53. The molecule has 0 amide bonds. The fraction of sp³-hybridized carbons (Fsp3) is 0. The van der Waals surface area contributed by atoms with Crippen molar-refractivity contribution in [2.45, 2.75) is 0 Å². The molecule has 3 heteroatoms. The molecule has 0 aliphatic rings. The molecule has 0 atom stereocenters. The first-order chi connectivity index (χ1) is 9.66. The molecule has 3 aromatic carbocycles. The highest BCUT2D eigenvalue weighted by Crippen LogP contribution is 2.31. The van der Waals surface area contributed by atoms with Gasteiger partial charge in [-0.3, -0.25) is 0 Å². The first kappa shape index (κ1) is 12.7. The van der Waals surface area contributed by atoms with E-state index in [4.69, 9.17) is 11.6 Å². The predicted molar refractivity (Wildman–Crippen MR) is 81.4 cm³/mol. The maximum Gasteiger partial charge on any atom is 0.337 e. The molecule has 0 bridgehead atoms. The van der Waals surface area contributed by atoms with Crippen LogP contribution in [0.2, 0.25) is 5.02 Å². The lowest BCUT2D eigenvalue weighted by Crippen LogP contribution is -2.00. The third-order valence-electron chi connectivity index (χ3n) is 3.29. The first-order valence-electron chi connectivity index (χ1n) is 6.18. The van der Waals surface area contributed by atoms with Crippen molar-refractivity contribution in [3.8, 4) is 11.1 Å². The van der Waals surface area contributed by atoms with Gasteiger partial charge in [-0.1, -0.05) is 60.1 Å². The highest BCUT2D eigenvalue weighted by molar-refractivity contribution is 6.34. The summed E-state index contributed by atoms with van der Waals surface area (Å²) in [6.45, 7) is 0. The Balaban J connectivity index is 2.25. The van der Waals surface area contributed by atoms with Gasteiger partial charge in [0, 0.05) is 0 Å². The number of hydrogen-bond donors (Lipinski definition) is 1.